The lowest BCUT2D eigenvalue weighted by Gasteiger charge is -2.44. The molecule has 0 radical (unpaired) electrons. The number of carbonyl (C=O) groups excluding carboxylic acids is 2. The molecule has 2 aromatic carbocycles. The minimum absolute atomic E-state index is 0.119. The summed E-state index contributed by atoms with van der Waals surface area (Å²) in [7, 11) is 3.27. The highest BCUT2D eigenvalue weighted by molar-refractivity contribution is 6.06. The van der Waals surface area contributed by atoms with E-state index < -0.39 is 5.92 Å². The van der Waals surface area contributed by atoms with Crippen molar-refractivity contribution in [2.24, 2.45) is 0 Å². The second kappa shape index (κ2) is 11.5. The molecule has 0 saturated carbocycles. The first kappa shape index (κ1) is 26.2. The van der Waals surface area contributed by atoms with E-state index in [1.807, 2.05) is 18.2 Å². The number of carbonyl (C=O) groups is 2. The maximum absolute atomic E-state index is 13.4. The molecule has 0 atom stereocenters. The third-order valence-corrected chi connectivity index (χ3v) is 7.65. The molecule has 2 aromatic rings. The van der Waals surface area contributed by atoms with Gasteiger partial charge in [0.25, 0.3) is 0 Å². The van der Waals surface area contributed by atoms with Crippen molar-refractivity contribution in [1.82, 2.24) is 4.90 Å². The van der Waals surface area contributed by atoms with Crippen LogP contribution in [0.4, 0.5) is 4.39 Å². The molecule has 0 N–H and O–H groups in total. The van der Waals surface area contributed by atoms with Gasteiger partial charge in [-0.1, -0.05) is 18.2 Å². The molecule has 0 unspecified atom stereocenters. The van der Waals surface area contributed by atoms with E-state index in [1.165, 1.54) is 12.1 Å². The predicted octanol–water partition coefficient (Wildman–Crippen LogP) is 5.86. The Labute approximate surface area is 223 Å². The van der Waals surface area contributed by atoms with Crippen molar-refractivity contribution in [2.45, 2.75) is 57.5 Å². The summed E-state index contributed by atoms with van der Waals surface area (Å²) in [6.45, 7) is 1.62. The van der Waals surface area contributed by atoms with Gasteiger partial charge < -0.3 is 19.1 Å². The normalized spacial score (nSPS) is 18.0. The van der Waals surface area contributed by atoms with Crippen LogP contribution in [0.2, 0.25) is 0 Å². The Bertz CT molecular complexity index is 1240. The Balaban J connectivity index is 1.53. The highest BCUT2D eigenvalue weighted by atomic mass is 19.1. The summed E-state index contributed by atoms with van der Waals surface area (Å²) >= 11 is 0. The van der Waals surface area contributed by atoms with Gasteiger partial charge in [0, 0.05) is 61.6 Å². The van der Waals surface area contributed by atoms with E-state index in [-0.39, 0.29) is 24.0 Å². The molecule has 200 valence electrons. The smallest absolute Gasteiger partial charge is 0.161 e. The Morgan fingerprint density at radius 1 is 0.868 bits per heavy atom. The molecule has 1 aliphatic heterocycles. The van der Waals surface area contributed by atoms with Crippen LogP contribution in [-0.2, 0) is 20.9 Å². The molecule has 0 spiro atoms. The topological polar surface area (TPSA) is 65.1 Å². The fourth-order valence-corrected chi connectivity index (χ4v) is 5.91. The lowest BCUT2D eigenvalue weighted by molar-refractivity contribution is -0.117. The number of nitrogens with zero attached hydrogens (tertiary/aromatic N) is 1. The van der Waals surface area contributed by atoms with Gasteiger partial charge in [-0.05, 0) is 67.5 Å². The predicted molar refractivity (Wildman–Crippen MR) is 141 cm³/mol. The highest BCUT2D eigenvalue weighted by Gasteiger charge is 2.43. The molecule has 0 amide bonds. The van der Waals surface area contributed by atoms with Gasteiger partial charge in [-0.2, -0.15) is 0 Å². The monoisotopic (exact) mass is 519 g/mol. The molecular formula is C31H34FNO5. The van der Waals surface area contributed by atoms with E-state index in [4.69, 9.17) is 14.2 Å². The van der Waals surface area contributed by atoms with Gasteiger partial charge in [0.05, 0.1) is 7.11 Å². The third-order valence-electron chi connectivity index (χ3n) is 7.65. The highest BCUT2D eigenvalue weighted by Crippen LogP contribution is 2.50. The van der Waals surface area contributed by atoms with E-state index in [9.17, 15) is 14.0 Å². The van der Waals surface area contributed by atoms with Crippen LogP contribution in [0.1, 0.15) is 62.0 Å². The number of halogens is 1. The van der Waals surface area contributed by atoms with Crippen LogP contribution in [0.3, 0.4) is 0 Å². The van der Waals surface area contributed by atoms with Gasteiger partial charge in [-0.15, -0.1) is 0 Å². The van der Waals surface area contributed by atoms with Gasteiger partial charge in [-0.25, -0.2) is 4.39 Å². The lowest BCUT2D eigenvalue weighted by atomic mass is 9.71. The van der Waals surface area contributed by atoms with Crippen LogP contribution in [-0.4, -0.2) is 43.8 Å². The molecule has 38 heavy (non-hydrogen) atoms. The van der Waals surface area contributed by atoms with Crippen molar-refractivity contribution in [1.29, 1.82) is 0 Å². The summed E-state index contributed by atoms with van der Waals surface area (Å²) in [4.78, 5) is 29.2. The Kier molecular flexibility index (Phi) is 7.93. The maximum Gasteiger partial charge on any atom is 0.161 e. The third kappa shape index (κ3) is 5.12. The summed E-state index contributed by atoms with van der Waals surface area (Å²) in [5, 5.41) is 0. The zero-order chi connectivity index (χ0) is 26.6. The molecule has 0 aromatic heterocycles. The summed E-state index contributed by atoms with van der Waals surface area (Å²) in [5.41, 5.74) is 5.33. The van der Waals surface area contributed by atoms with Gasteiger partial charge in [0.1, 0.15) is 12.4 Å². The van der Waals surface area contributed by atoms with Crippen molar-refractivity contribution >= 4 is 11.6 Å². The van der Waals surface area contributed by atoms with Crippen LogP contribution in [0.5, 0.6) is 11.5 Å². The molecule has 0 bridgehead atoms. The fourth-order valence-electron chi connectivity index (χ4n) is 5.91. The second-order valence-corrected chi connectivity index (χ2v) is 10.0. The van der Waals surface area contributed by atoms with E-state index in [0.29, 0.717) is 30.9 Å². The quantitative estimate of drug-likeness (QED) is 0.387. The Morgan fingerprint density at radius 3 is 2.13 bits per heavy atom. The number of hydrogen-bond donors (Lipinski definition) is 0. The number of ketones is 2. The van der Waals surface area contributed by atoms with Gasteiger partial charge in [0.2, 0.25) is 0 Å². The number of benzene rings is 2. The van der Waals surface area contributed by atoms with Crippen LogP contribution < -0.4 is 9.47 Å². The largest absolute Gasteiger partial charge is 0.493 e. The summed E-state index contributed by atoms with van der Waals surface area (Å²) in [5.74, 6) is 0.618. The maximum atomic E-state index is 13.4. The van der Waals surface area contributed by atoms with Crippen molar-refractivity contribution in [2.75, 3.05) is 27.4 Å². The van der Waals surface area contributed by atoms with Crippen LogP contribution in [0.25, 0.3) is 0 Å². The fraction of sp³-hybridized carbons (Fsp3) is 0.419. The first-order chi connectivity index (χ1) is 18.5. The molecular weight excluding hydrogens is 485 g/mol. The molecule has 2 aliphatic carbocycles. The number of hydrogen-bond acceptors (Lipinski definition) is 6. The minimum atomic E-state index is -0.403. The molecule has 0 fully saturated rings. The molecule has 5 rings (SSSR count). The van der Waals surface area contributed by atoms with Gasteiger partial charge in [-0.3, -0.25) is 9.59 Å². The average Bonchev–Trinajstić information content (AvgIpc) is 2.93. The van der Waals surface area contributed by atoms with Crippen molar-refractivity contribution in [3.05, 3.63) is 81.9 Å². The molecule has 6 nitrogen and oxygen atoms in total. The van der Waals surface area contributed by atoms with Gasteiger partial charge in [0.15, 0.2) is 23.1 Å². The van der Waals surface area contributed by atoms with Crippen molar-refractivity contribution in [3.63, 3.8) is 0 Å². The Hall–Kier alpha value is -3.45. The number of Topliss-reactive ketones (excluding diaryl/α,β-unsaturated/α-hetero) is 2. The first-order valence-electron chi connectivity index (χ1n) is 13.4. The van der Waals surface area contributed by atoms with E-state index in [2.05, 4.69) is 4.90 Å². The lowest BCUT2D eigenvalue weighted by Crippen LogP contribution is -2.39. The summed E-state index contributed by atoms with van der Waals surface area (Å²) in [6.07, 6.45) is 5.10. The SMILES string of the molecule is COCCCN1C2=C(C(=O)CCC2)C(c2ccc(OCc3ccc(F)cc3)c(OC)c2)C2=C1CCCC2=O. The minimum Gasteiger partial charge on any atom is -0.493 e. The zero-order valence-electron chi connectivity index (χ0n) is 22.1. The van der Waals surface area contributed by atoms with Crippen LogP contribution in [0, 0.1) is 5.82 Å². The second-order valence-electron chi connectivity index (χ2n) is 10.0. The number of rotatable bonds is 9. The number of ether oxygens (including phenoxy) is 3. The standard InChI is InChI=1S/C31H34FNO5/c1-36-17-5-16-33-23-6-3-8-25(34)30(23)29(31-24(33)7-4-9-26(31)35)21-12-15-27(28(18-21)37-2)38-19-20-10-13-22(32)14-11-20/h10-15,18,29H,3-9,16-17,19H2,1-2H3. The van der Waals surface area contributed by atoms with Crippen LogP contribution in [0.15, 0.2) is 65.0 Å². The number of methoxy groups -OCH3 is 2. The van der Waals surface area contributed by atoms with Crippen molar-refractivity contribution < 1.29 is 28.2 Å². The molecule has 1 heterocycles. The van der Waals surface area contributed by atoms with Crippen molar-refractivity contribution in [3.8, 4) is 11.5 Å². The average molecular weight is 520 g/mol. The zero-order valence-corrected chi connectivity index (χ0v) is 22.1. The first-order valence-corrected chi connectivity index (χ1v) is 13.4. The van der Waals surface area contributed by atoms with Gasteiger partial charge >= 0.3 is 0 Å². The Morgan fingerprint density at radius 2 is 1.53 bits per heavy atom. The molecule has 7 heteroatoms. The van der Waals surface area contributed by atoms with Crippen LogP contribution >= 0.6 is 0 Å². The number of allylic oxidation sites excluding steroid dienone is 4. The summed E-state index contributed by atoms with van der Waals surface area (Å²) in [6, 6.07) is 11.8. The van der Waals surface area contributed by atoms with E-state index >= 15 is 0 Å². The summed E-state index contributed by atoms with van der Waals surface area (Å²) < 4.78 is 30.2. The molecule has 0 saturated heterocycles. The van der Waals surface area contributed by atoms with E-state index in [1.54, 1.807) is 26.4 Å². The van der Waals surface area contributed by atoms with E-state index in [0.717, 1.165) is 72.3 Å². The molecule has 3 aliphatic rings.